The predicted octanol–water partition coefficient (Wildman–Crippen LogP) is 2.93. The molecular formula is C14H25NO4. The van der Waals surface area contributed by atoms with Crippen molar-refractivity contribution in [1.29, 1.82) is 0 Å². The molecule has 2 N–H and O–H groups in total. The molecule has 0 aliphatic heterocycles. The van der Waals surface area contributed by atoms with Gasteiger partial charge < -0.3 is 15.2 Å². The van der Waals surface area contributed by atoms with Gasteiger partial charge in [-0.25, -0.2) is 4.79 Å². The molecule has 1 saturated carbocycles. The van der Waals surface area contributed by atoms with Gasteiger partial charge in [0.25, 0.3) is 0 Å². The summed E-state index contributed by atoms with van der Waals surface area (Å²) in [6, 6.07) is -0.0894. The molecule has 0 aromatic carbocycles. The summed E-state index contributed by atoms with van der Waals surface area (Å²) in [5.41, 5.74) is -0.531. The largest absolute Gasteiger partial charge is 0.481 e. The number of rotatable bonds is 3. The van der Waals surface area contributed by atoms with E-state index >= 15 is 0 Å². The Bertz CT molecular complexity index is 322. The van der Waals surface area contributed by atoms with Crippen LogP contribution < -0.4 is 5.32 Å². The van der Waals surface area contributed by atoms with E-state index in [1.165, 1.54) is 0 Å². The average Bonchev–Trinajstić information content (AvgIpc) is 2.41. The minimum Gasteiger partial charge on any atom is -0.481 e. The minimum atomic E-state index is -0.803. The Balaban J connectivity index is 2.59. The highest BCUT2D eigenvalue weighted by molar-refractivity contribution is 5.69. The summed E-state index contributed by atoms with van der Waals surface area (Å²) in [7, 11) is 0. The third kappa shape index (κ3) is 6.45. The molecule has 0 radical (unpaired) electrons. The zero-order chi connectivity index (χ0) is 14.5. The van der Waals surface area contributed by atoms with Crippen molar-refractivity contribution in [3.63, 3.8) is 0 Å². The highest BCUT2D eigenvalue weighted by atomic mass is 16.6. The second-order valence-corrected chi connectivity index (χ2v) is 6.25. The second kappa shape index (κ2) is 6.78. The van der Waals surface area contributed by atoms with E-state index in [1.807, 2.05) is 20.8 Å². The molecule has 0 aromatic rings. The number of ether oxygens (including phenoxy) is 1. The molecule has 19 heavy (non-hydrogen) atoms. The summed E-state index contributed by atoms with van der Waals surface area (Å²) in [5, 5.41) is 11.8. The van der Waals surface area contributed by atoms with E-state index < -0.39 is 17.7 Å². The summed E-state index contributed by atoms with van der Waals surface area (Å²) >= 11 is 0. The smallest absolute Gasteiger partial charge is 0.407 e. The predicted molar refractivity (Wildman–Crippen MR) is 72.0 cm³/mol. The molecule has 1 aliphatic carbocycles. The molecule has 1 fully saturated rings. The number of carboxylic acid groups (broad SMARTS) is 1. The van der Waals surface area contributed by atoms with Gasteiger partial charge in [0.15, 0.2) is 0 Å². The van der Waals surface area contributed by atoms with Crippen LogP contribution in [0.1, 0.15) is 59.3 Å². The molecule has 1 rings (SSSR count). The van der Waals surface area contributed by atoms with Gasteiger partial charge in [-0.15, -0.1) is 0 Å². The quantitative estimate of drug-likeness (QED) is 0.774. The zero-order valence-corrected chi connectivity index (χ0v) is 12.1. The summed E-state index contributed by atoms with van der Waals surface area (Å²) in [5.74, 6) is -0.796. The number of carbonyl (C=O) groups is 2. The van der Waals surface area contributed by atoms with E-state index in [4.69, 9.17) is 9.84 Å². The molecule has 1 amide bonds. The second-order valence-electron chi connectivity index (χ2n) is 6.25. The number of carbonyl (C=O) groups excluding carboxylic acids is 1. The third-order valence-corrected chi connectivity index (χ3v) is 3.30. The normalized spacial score (nSPS) is 24.4. The van der Waals surface area contributed by atoms with Gasteiger partial charge in [0, 0.05) is 6.04 Å². The van der Waals surface area contributed by atoms with Crippen LogP contribution >= 0.6 is 0 Å². The molecule has 0 heterocycles. The first-order chi connectivity index (χ1) is 8.78. The third-order valence-electron chi connectivity index (χ3n) is 3.30. The number of nitrogens with one attached hydrogen (secondary N) is 1. The van der Waals surface area contributed by atoms with Gasteiger partial charge >= 0.3 is 12.1 Å². The van der Waals surface area contributed by atoms with Crippen molar-refractivity contribution in [2.75, 3.05) is 0 Å². The fourth-order valence-corrected chi connectivity index (χ4v) is 2.50. The number of amides is 1. The molecule has 2 unspecified atom stereocenters. The lowest BCUT2D eigenvalue weighted by molar-refractivity contribution is -0.138. The Labute approximate surface area is 114 Å². The van der Waals surface area contributed by atoms with Crippen molar-refractivity contribution in [3.8, 4) is 0 Å². The Kier molecular flexibility index (Phi) is 5.63. The van der Waals surface area contributed by atoms with Crippen molar-refractivity contribution in [2.24, 2.45) is 5.92 Å². The lowest BCUT2D eigenvalue weighted by atomic mass is 9.91. The van der Waals surface area contributed by atoms with Gasteiger partial charge in [-0.3, -0.25) is 4.79 Å². The lowest BCUT2D eigenvalue weighted by Gasteiger charge is -2.27. The van der Waals surface area contributed by atoms with Gasteiger partial charge in [-0.2, -0.15) is 0 Å². The molecule has 0 spiro atoms. The molecule has 1 aliphatic rings. The summed E-state index contributed by atoms with van der Waals surface area (Å²) in [6.45, 7) is 5.44. The van der Waals surface area contributed by atoms with Gasteiger partial charge in [-0.1, -0.05) is 19.3 Å². The number of hydrogen-bond acceptors (Lipinski definition) is 3. The van der Waals surface area contributed by atoms with E-state index in [1.54, 1.807) is 0 Å². The minimum absolute atomic E-state index is 0.00696. The number of hydrogen-bond donors (Lipinski definition) is 2. The maximum Gasteiger partial charge on any atom is 0.407 e. The van der Waals surface area contributed by atoms with Crippen LogP contribution in [0.5, 0.6) is 0 Å². The summed E-state index contributed by atoms with van der Waals surface area (Å²) in [6.07, 6.45) is 4.50. The van der Waals surface area contributed by atoms with Crippen LogP contribution in [-0.4, -0.2) is 28.8 Å². The standard InChI is InChI=1S/C14H25NO4/c1-14(2,3)19-13(18)15-11-8-6-4-5-7-10(11)9-12(16)17/h10-11H,4-9H2,1-3H3,(H,15,18)(H,16,17). The van der Waals surface area contributed by atoms with Gasteiger partial charge in [-0.05, 0) is 39.5 Å². The maximum atomic E-state index is 11.8. The Hall–Kier alpha value is -1.26. The Morgan fingerprint density at radius 2 is 1.84 bits per heavy atom. The Morgan fingerprint density at radius 3 is 2.42 bits per heavy atom. The lowest BCUT2D eigenvalue weighted by Crippen LogP contribution is -2.43. The van der Waals surface area contributed by atoms with Crippen LogP contribution in [-0.2, 0) is 9.53 Å². The zero-order valence-electron chi connectivity index (χ0n) is 12.1. The fraction of sp³-hybridized carbons (Fsp3) is 0.857. The van der Waals surface area contributed by atoms with Gasteiger partial charge in [0.1, 0.15) is 5.60 Å². The highest BCUT2D eigenvalue weighted by Gasteiger charge is 2.28. The van der Waals surface area contributed by atoms with Crippen molar-refractivity contribution in [2.45, 2.75) is 70.9 Å². The van der Waals surface area contributed by atoms with Crippen LogP contribution in [0.3, 0.4) is 0 Å². The topological polar surface area (TPSA) is 75.6 Å². The fourth-order valence-electron chi connectivity index (χ4n) is 2.50. The molecular weight excluding hydrogens is 246 g/mol. The first kappa shape index (κ1) is 15.8. The van der Waals surface area contributed by atoms with E-state index in [-0.39, 0.29) is 18.4 Å². The summed E-state index contributed by atoms with van der Waals surface area (Å²) in [4.78, 5) is 22.7. The van der Waals surface area contributed by atoms with Crippen LogP contribution in [0.15, 0.2) is 0 Å². The SMILES string of the molecule is CC(C)(C)OC(=O)NC1CCCCCC1CC(=O)O. The van der Waals surface area contributed by atoms with Crippen LogP contribution in [0.25, 0.3) is 0 Å². The van der Waals surface area contributed by atoms with E-state index in [0.717, 1.165) is 32.1 Å². The molecule has 0 bridgehead atoms. The monoisotopic (exact) mass is 271 g/mol. The molecule has 110 valence electrons. The highest BCUT2D eigenvalue weighted by Crippen LogP contribution is 2.26. The van der Waals surface area contributed by atoms with Crippen molar-refractivity contribution >= 4 is 12.1 Å². The number of aliphatic carboxylic acids is 1. The molecule has 2 atom stereocenters. The molecule has 0 aromatic heterocycles. The van der Waals surface area contributed by atoms with Crippen LogP contribution in [0.4, 0.5) is 4.79 Å². The first-order valence-corrected chi connectivity index (χ1v) is 6.99. The maximum absolute atomic E-state index is 11.8. The van der Waals surface area contributed by atoms with Crippen molar-refractivity contribution in [3.05, 3.63) is 0 Å². The first-order valence-electron chi connectivity index (χ1n) is 6.99. The molecule has 5 nitrogen and oxygen atoms in total. The van der Waals surface area contributed by atoms with E-state index in [9.17, 15) is 9.59 Å². The molecule has 5 heteroatoms. The van der Waals surface area contributed by atoms with E-state index in [0.29, 0.717) is 0 Å². The number of alkyl carbamates (subject to hydrolysis) is 1. The summed E-state index contributed by atoms with van der Waals surface area (Å²) < 4.78 is 5.24. The van der Waals surface area contributed by atoms with Crippen LogP contribution in [0.2, 0.25) is 0 Å². The molecule has 0 saturated heterocycles. The van der Waals surface area contributed by atoms with Crippen LogP contribution in [0, 0.1) is 5.92 Å². The average molecular weight is 271 g/mol. The number of carboxylic acids is 1. The van der Waals surface area contributed by atoms with E-state index in [2.05, 4.69) is 5.32 Å². The van der Waals surface area contributed by atoms with Gasteiger partial charge in [0.05, 0.1) is 6.42 Å². The van der Waals surface area contributed by atoms with Gasteiger partial charge in [0.2, 0.25) is 0 Å². The van der Waals surface area contributed by atoms with Crippen molar-refractivity contribution < 1.29 is 19.4 Å². The Morgan fingerprint density at radius 1 is 1.21 bits per heavy atom. The van der Waals surface area contributed by atoms with Crippen molar-refractivity contribution in [1.82, 2.24) is 5.32 Å².